The van der Waals surface area contributed by atoms with Crippen molar-refractivity contribution >= 4 is 22.9 Å². The largest absolute Gasteiger partial charge is 0.417 e. The van der Waals surface area contributed by atoms with Gasteiger partial charge in [-0.15, -0.1) is 0 Å². The lowest BCUT2D eigenvalue weighted by atomic mass is 10.1. The number of nitrogens with zero attached hydrogens (tertiary/aromatic N) is 1. The highest BCUT2D eigenvalue weighted by Gasteiger charge is 2.34. The van der Waals surface area contributed by atoms with Gasteiger partial charge in [0.05, 0.1) is 5.56 Å². The summed E-state index contributed by atoms with van der Waals surface area (Å²) in [7, 11) is 3.81. The number of rotatable bonds is 5. The normalized spacial score (nSPS) is 13.3. The van der Waals surface area contributed by atoms with Crippen molar-refractivity contribution in [2.24, 2.45) is 5.73 Å². The molecule has 0 saturated heterocycles. The minimum Gasteiger partial charge on any atom is -0.389 e. The molecule has 0 spiro atoms. The second kappa shape index (κ2) is 6.41. The lowest BCUT2D eigenvalue weighted by Crippen LogP contribution is -2.31. The molecular weight excluding hydrogens is 287 g/mol. The number of nitrogens with two attached hydrogens (primary N) is 1. The molecule has 1 unspecified atom stereocenters. The van der Waals surface area contributed by atoms with Crippen LogP contribution in [0.4, 0.5) is 18.9 Å². The van der Waals surface area contributed by atoms with Crippen molar-refractivity contribution < 1.29 is 13.2 Å². The Hall–Kier alpha value is -1.34. The van der Waals surface area contributed by atoms with Crippen molar-refractivity contribution in [2.75, 3.05) is 26.0 Å². The molecule has 7 heteroatoms. The van der Waals surface area contributed by atoms with E-state index < -0.39 is 11.7 Å². The first-order valence-corrected chi connectivity index (χ1v) is 6.45. The van der Waals surface area contributed by atoms with Crippen LogP contribution in [0.5, 0.6) is 0 Å². The molecule has 0 aromatic heterocycles. The van der Waals surface area contributed by atoms with E-state index in [1.54, 1.807) is 6.07 Å². The van der Waals surface area contributed by atoms with Crippen molar-refractivity contribution in [3.05, 3.63) is 29.3 Å². The molecular formula is C13H18F3N3S. The molecule has 1 rings (SSSR count). The molecule has 3 nitrogen and oxygen atoms in total. The zero-order chi connectivity index (χ0) is 15.5. The van der Waals surface area contributed by atoms with Crippen LogP contribution in [0.1, 0.15) is 18.1 Å². The summed E-state index contributed by atoms with van der Waals surface area (Å²) in [6, 6.07) is 4.08. The Morgan fingerprint density at radius 3 is 2.45 bits per heavy atom. The molecule has 112 valence electrons. The fourth-order valence-electron chi connectivity index (χ4n) is 1.55. The second-order valence-electron chi connectivity index (χ2n) is 4.82. The van der Waals surface area contributed by atoms with E-state index in [1.807, 2.05) is 25.9 Å². The van der Waals surface area contributed by atoms with Crippen LogP contribution in [-0.4, -0.2) is 36.6 Å². The maximum atomic E-state index is 13.0. The topological polar surface area (TPSA) is 41.3 Å². The van der Waals surface area contributed by atoms with Crippen LogP contribution in [0.3, 0.4) is 0 Å². The van der Waals surface area contributed by atoms with Gasteiger partial charge in [-0.2, -0.15) is 13.2 Å². The van der Waals surface area contributed by atoms with Gasteiger partial charge in [-0.05, 0) is 39.2 Å². The van der Waals surface area contributed by atoms with Gasteiger partial charge in [0.25, 0.3) is 0 Å². The first-order valence-electron chi connectivity index (χ1n) is 6.04. The highest BCUT2D eigenvalue weighted by molar-refractivity contribution is 7.80. The van der Waals surface area contributed by atoms with Gasteiger partial charge in [0, 0.05) is 23.8 Å². The molecule has 1 atom stereocenters. The summed E-state index contributed by atoms with van der Waals surface area (Å²) < 4.78 is 38.9. The van der Waals surface area contributed by atoms with Gasteiger partial charge in [0.2, 0.25) is 0 Å². The average molecular weight is 305 g/mol. The smallest absolute Gasteiger partial charge is 0.389 e. The number of hydrogen-bond acceptors (Lipinski definition) is 3. The summed E-state index contributed by atoms with van der Waals surface area (Å²) in [6.07, 6.45) is -4.48. The van der Waals surface area contributed by atoms with Gasteiger partial charge < -0.3 is 16.0 Å². The summed E-state index contributed by atoms with van der Waals surface area (Å²) in [4.78, 5) is 1.71. The van der Waals surface area contributed by atoms with E-state index >= 15 is 0 Å². The summed E-state index contributed by atoms with van der Waals surface area (Å²) in [5.41, 5.74) is 4.76. The van der Waals surface area contributed by atoms with E-state index in [0.29, 0.717) is 12.2 Å². The first-order chi connectivity index (χ1) is 9.12. The fraction of sp³-hybridized carbons (Fsp3) is 0.462. The van der Waals surface area contributed by atoms with Gasteiger partial charge in [0.1, 0.15) is 4.99 Å². The molecule has 0 radical (unpaired) electrons. The average Bonchev–Trinajstić information content (AvgIpc) is 2.34. The number of alkyl halides is 3. The van der Waals surface area contributed by atoms with Crippen LogP contribution < -0.4 is 11.1 Å². The summed E-state index contributed by atoms with van der Waals surface area (Å²) in [5.74, 6) is 0. The van der Waals surface area contributed by atoms with Crippen LogP contribution >= 0.6 is 12.2 Å². The fourth-order valence-corrected chi connectivity index (χ4v) is 1.73. The number of halogens is 3. The third kappa shape index (κ3) is 4.35. The van der Waals surface area contributed by atoms with Crippen LogP contribution in [0.25, 0.3) is 0 Å². The van der Waals surface area contributed by atoms with E-state index in [9.17, 15) is 13.2 Å². The number of nitrogens with one attached hydrogen (secondary N) is 1. The predicted octanol–water partition coefficient (Wildman–Crippen LogP) is 2.70. The van der Waals surface area contributed by atoms with E-state index in [4.69, 9.17) is 5.73 Å². The summed E-state index contributed by atoms with van der Waals surface area (Å²) in [5, 5.41) is 2.98. The minimum atomic E-state index is -4.48. The molecule has 0 fully saturated rings. The maximum Gasteiger partial charge on any atom is 0.417 e. The quantitative estimate of drug-likeness (QED) is 0.821. The van der Waals surface area contributed by atoms with Crippen molar-refractivity contribution in [1.82, 2.24) is 4.90 Å². The van der Waals surface area contributed by atoms with Crippen LogP contribution in [0.2, 0.25) is 0 Å². The molecule has 0 aliphatic heterocycles. The Bertz CT molecular complexity index is 486. The molecule has 0 aliphatic rings. The predicted molar refractivity (Wildman–Crippen MR) is 79.0 cm³/mol. The number of anilines is 1. The third-order valence-corrected chi connectivity index (χ3v) is 3.29. The Kier molecular flexibility index (Phi) is 5.35. The number of thiocarbonyl (C=S) groups is 1. The first kappa shape index (κ1) is 16.7. The summed E-state index contributed by atoms with van der Waals surface area (Å²) in [6.45, 7) is 2.51. The van der Waals surface area contributed by atoms with E-state index in [1.165, 1.54) is 6.07 Å². The van der Waals surface area contributed by atoms with E-state index in [-0.39, 0.29) is 16.6 Å². The minimum absolute atomic E-state index is 0.154. The van der Waals surface area contributed by atoms with Crippen molar-refractivity contribution in [1.29, 1.82) is 0 Å². The van der Waals surface area contributed by atoms with Crippen LogP contribution in [-0.2, 0) is 6.18 Å². The molecule has 0 heterocycles. The van der Waals surface area contributed by atoms with Crippen LogP contribution in [0.15, 0.2) is 18.2 Å². The molecule has 1 aromatic rings. The lowest BCUT2D eigenvalue weighted by molar-refractivity contribution is -0.137. The Morgan fingerprint density at radius 2 is 2.00 bits per heavy atom. The second-order valence-corrected chi connectivity index (χ2v) is 5.26. The Labute approximate surface area is 121 Å². The standard InChI is InChI=1S/C13H18F3N3S/c1-8(19(2)3)7-18-9-4-5-10(12(17)20)11(6-9)13(14,15)16/h4-6,8,18H,7H2,1-3H3,(H2,17,20). The molecule has 0 aliphatic carbocycles. The van der Waals surface area contributed by atoms with Crippen molar-refractivity contribution in [3.8, 4) is 0 Å². The molecule has 3 N–H and O–H groups in total. The van der Waals surface area contributed by atoms with E-state index in [0.717, 1.165) is 6.07 Å². The van der Waals surface area contributed by atoms with E-state index in [2.05, 4.69) is 17.5 Å². The zero-order valence-electron chi connectivity index (χ0n) is 11.6. The van der Waals surface area contributed by atoms with Gasteiger partial charge in [-0.1, -0.05) is 12.2 Å². The Morgan fingerprint density at radius 1 is 1.40 bits per heavy atom. The van der Waals surface area contributed by atoms with Crippen LogP contribution in [0, 0.1) is 0 Å². The Balaban J connectivity index is 2.99. The molecule has 0 bridgehead atoms. The number of likely N-dealkylation sites (N-methyl/N-ethyl adjacent to an activating group) is 1. The van der Waals surface area contributed by atoms with Gasteiger partial charge in [0.15, 0.2) is 0 Å². The molecule has 1 aromatic carbocycles. The lowest BCUT2D eigenvalue weighted by Gasteiger charge is -2.21. The number of benzene rings is 1. The van der Waals surface area contributed by atoms with Gasteiger partial charge in [-0.3, -0.25) is 0 Å². The SMILES string of the molecule is CC(CNc1ccc(C(N)=S)c(C(F)(F)F)c1)N(C)C. The maximum absolute atomic E-state index is 13.0. The zero-order valence-corrected chi connectivity index (χ0v) is 12.4. The number of hydrogen-bond donors (Lipinski definition) is 2. The monoisotopic (exact) mass is 305 g/mol. The van der Waals surface area contributed by atoms with Gasteiger partial charge >= 0.3 is 6.18 Å². The summed E-state index contributed by atoms with van der Waals surface area (Å²) >= 11 is 4.65. The third-order valence-electron chi connectivity index (χ3n) is 3.07. The molecule has 0 saturated carbocycles. The highest BCUT2D eigenvalue weighted by Crippen LogP contribution is 2.33. The van der Waals surface area contributed by atoms with Crippen molar-refractivity contribution in [2.45, 2.75) is 19.1 Å². The molecule has 20 heavy (non-hydrogen) atoms. The van der Waals surface area contributed by atoms with Crippen molar-refractivity contribution in [3.63, 3.8) is 0 Å². The molecule has 0 amide bonds. The van der Waals surface area contributed by atoms with Gasteiger partial charge in [-0.25, -0.2) is 0 Å². The highest BCUT2D eigenvalue weighted by atomic mass is 32.1.